The second kappa shape index (κ2) is 2.86. The fourth-order valence-electron chi connectivity index (χ4n) is 2.87. The molecule has 0 radical (unpaired) electrons. The topological polar surface area (TPSA) is 37.3 Å². The van der Waals surface area contributed by atoms with Crippen LogP contribution in [-0.4, -0.2) is 11.1 Å². The molecule has 0 amide bonds. The molecule has 3 unspecified atom stereocenters. The molecule has 2 rings (SSSR count). The van der Waals surface area contributed by atoms with Crippen LogP contribution in [0.25, 0.3) is 0 Å². The van der Waals surface area contributed by atoms with Crippen molar-refractivity contribution in [2.24, 2.45) is 17.3 Å². The van der Waals surface area contributed by atoms with E-state index in [9.17, 15) is 4.79 Å². The van der Waals surface area contributed by atoms with Crippen LogP contribution in [-0.2, 0) is 4.79 Å². The van der Waals surface area contributed by atoms with Gasteiger partial charge in [0.1, 0.15) is 0 Å². The molecule has 0 aromatic rings. The first-order valence-electron chi connectivity index (χ1n) is 5.00. The van der Waals surface area contributed by atoms with Crippen molar-refractivity contribution in [1.82, 2.24) is 0 Å². The number of carboxylic acids is 1. The number of aliphatic carboxylic acids is 1. The van der Waals surface area contributed by atoms with E-state index in [1.807, 2.05) is 0 Å². The summed E-state index contributed by atoms with van der Waals surface area (Å²) >= 11 is 0. The Bertz CT molecular complexity index is 257. The van der Waals surface area contributed by atoms with Crippen molar-refractivity contribution in [3.63, 3.8) is 0 Å². The molecule has 2 bridgehead atoms. The molecule has 0 heterocycles. The average molecular weight is 180 g/mol. The van der Waals surface area contributed by atoms with Gasteiger partial charge in [0.25, 0.3) is 0 Å². The number of fused-ring (bicyclic) bond motifs is 2. The van der Waals surface area contributed by atoms with E-state index in [0.29, 0.717) is 12.3 Å². The molecule has 1 saturated carbocycles. The van der Waals surface area contributed by atoms with Gasteiger partial charge in [-0.25, -0.2) is 0 Å². The van der Waals surface area contributed by atoms with Crippen LogP contribution in [0.15, 0.2) is 12.2 Å². The normalized spacial score (nSPS) is 41.3. The zero-order valence-electron chi connectivity index (χ0n) is 7.99. The van der Waals surface area contributed by atoms with E-state index in [1.165, 1.54) is 12.8 Å². The Kier molecular flexibility index (Phi) is 1.94. The lowest BCUT2D eigenvalue weighted by molar-refractivity contribution is -0.137. The van der Waals surface area contributed by atoms with Gasteiger partial charge < -0.3 is 5.11 Å². The zero-order chi connectivity index (χ0) is 9.47. The molecule has 1 fully saturated rings. The van der Waals surface area contributed by atoms with Crippen LogP contribution >= 0.6 is 0 Å². The van der Waals surface area contributed by atoms with E-state index in [2.05, 4.69) is 19.1 Å². The van der Waals surface area contributed by atoms with Crippen LogP contribution in [0.5, 0.6) is 0 Å². The monoisotopic (exact) mass is 180 g/mol. The molecule has 72 valence electrons. The predicted octanol–water partition coefficient (Wildman–Crippen LogP) is 2.45. The maximum atomic E-state index is 10.5. The molecule has 0 aromatic carbocycles. The van der Waals surface area contributed by atoms with Crippen LogP contribution in [0, 0.1) is 17.3 Å². The summed E-state index contributed by atoms with van der Waals surface area (Å²) < 4.78 is 0. The quantitative estimate of drug-likeness (QED) is 0.677. The van der Waals surface area contributed by atoms with E-state index >= 15 is 0 Å². The van der Waals surface area contributed by atoms with Crippen molar-refractivity contribution in [2.75, 3.05) is 0 Å². The standard InChI is InChI=1S/C11H16O2/c1-11(5-4-10(12)13)7-8-2-3-9(11)6-8/h2-3,8-9H,4-7H2,1H3,(H,12,13). The lowest BCUT2D eigenvalue weighted by Gasteiger charge is -2.30. The molecular formula is C11H16O2. The van der Waals surface area contributed by atoms with Crippen molar-refractivity contribution < 1.29 is 9.90 Å². The van der Waals surface area contributed by atoms with Crippen LogP contribution in [0.3, 0.4) is 0 Å². The van der Waals surface area contributed by atoms with Gasteiger partial charge in [-0.1, -0.05) is 19.1 Å². The highest BCUT2D eigenvalue weighted by atomic mass is 16.4. The third kappa shape index (κ3) is 1.50. The maximum Gasteiger partial charge on any atom is 0.303 e. The maximum absolute atomic E-state index is 10.5. The molecule has 2 heteroatoms. The summed E-state index contributed by atoms with van der Waals surface area (Å²) in [7, 11) is 0. The van der Waals surface area contributed by atoms with E-state index in [-0.39, 0.29) is 5.41 Å². The largest absolute Gasteiger partial charge is 0.481 e. The van der Waals surface area contributed by atoms with E-state index in [4.69, 9.17) is 5.11 Å². The minimum absolute atomic E-state index is 0.276. The van der Waals surface area contributed by atoms with E-state index in [0.717, 1.165) is 12.3 Å². The number of carboxylic acid groups (broad SMARTS) is 1. The van der Waals surface area contributed by atoms with Gasteiger partial charge in [-0.05, 0) is 36.5 Å². The minimum atomic E-state index is -0.659. The second-order valence-corrected chi connectivity index (χ2v) is 4.74. The third-order valence-electron chi connectivity index (χ3n) is 3.71. The fraction of sp³-hybridized carbons (Fsp3) is 0.727. The zero-order valence-corrected chi connectivity index (χ0v) is 7.99. The highest BCUT2D eigenvalue weighted by Gasteiger charge is 2.44. The van der Waals surface area contributed by atoms with Gasteiger partial charge in [0.15, 0.2) is 0 Å². The summed E-state index contributed by atoms with van der Waals surface area (Å²) in [6.07, 6.45) is 8.21. The van der Waals surface area contributed by atoms with Gasteiger partial charge in [-0.15, -0.1) is 0 Å². The Hall–Kier alpha value is -0.790. The van der Waals surface area contributed by atoms with Crippen LogP contribution in [0.4, 0.5) is 0 Å². The molecule has 0 saturated heterocycles. The van der Waals surface area contributed by atoms with Gasteiger partial charge in [-0.3, -0.25) is 4.79 Å². The Morgan fingerprint density at radius 3 is 2.85 bits per heavy atom. The van der Waals surface area contributed by atoms with Crippen LogP contribution in [0.2, 0.25) is 0 Å². The third-order valence-corrected chi connectivity index (χ3v) is 3.71. The first-order chi connectivity index (χ1) is 6.10. The van der Waals surface area contributed by atoms with Gasteiger partial charge in [0.05, 0.1) is 0 Å². The van der Waals surface area contributed by atoms with E-state index < -0.39 is 5.97 Å². The Labute approximate surface area is 78.6 Å². The van der Waals surface area contributed by atoms with E-state index in [1.54, 1.807) is 0 Å². The second-order valence-electron chi connectivity index (χ2n) is 4.74. The van der Waals surface area contributed by atoms with Gasteiger partial charge in [0, 0.05) is 6.42 Å². The number of rotatable bonds is 3. The van der Waals surface area contributed by atoms with Crippen LogP contribution < -0.4 is 0 Å². The van der Waals surface area contributed by atoms with Crippen molar-refractivity contribution in [3.05, 3.63) is 12.2 Å². The lowest BCUT2D eigenvalue weighted by Crippen LogP contribution is -2.22. The molecular weight excluding hydrogens is 164 g/mol. The smallest absolute Gasteiger partial charge is 0.303 e. The highest BCUT2D eigenvalue weighted by Crippen LogP contribution is 2.54. The summed E-state index contributed by atoms with van der Waals surface area (Å²) in [4.78, 5) is 10.5. The SMILES string of the molecule is CC1(CCC(=O)O)CC2C=CC1C2. The summed E-state index contributed by atoms with van der Waals surface area (Å²) in [5.74, 6) is 0.730. The van der Waals surface area contributed by atoms with Gasteiger partial charge in [0.2, 0.25) is 0 Å². The summed E-state index contributed by atoms with van der Waals surface area (Å²) in [5.41, 5.74) is 0.276. The fourth-order valence-corrected chi connectivity index (χ4v) is 2.87. The molecule has 13 heavy (non-hydrogen) atoms. The average Bonchev–Trinajstić information content (AvgIpc) is 2.60. The first kappa shape index (κ1) is 8.79. The first-order valence-corrected chi connectivity index (χ1v) is 5.00. The number of allylic oxidation sites excluding steroid dienone is 2. The molecule has 2 nitrogen and oxygen atoms in total. The molecule has 3 atom stereocenters. The molecule has 2 aliphatic carbocycles. The number of carbonyl (C=O) groups is 1. The predicted molar refractivity (Wildman–Crippen MR) is 50.3 cm³/mol. The van der Waals surface area contributed by atoms with Gasteiger partial charge >= 0.3 is 5.97 Å². The van der Waals surface area contributed by atoms with Crippen LogP contribution in [0.1, 0.15) is 32.6 Å². The van der Waals surface area contributed by atoms with Gasteiger partial charge in [-0.2, -0.15) is 0 Å². The number of hydrogen-bond acceptors (Lipinski definition) is 1. The molecule has 0 aliphatic heterocycles. The molecule has 0 spiro atoms. The summed E-state index contributed by atoms with van der Waals surface area (Å²) in [5, 5.41) is 8.64. The highest BCUT2D eigenvalue weighted by molar-refractivity contribution is 5.66. The van der Waals surface area contributed by atoms with Crippen molar-refractivity contribution >= 4 is 5.97 Å². The molecule has 1 N–H and O–H groups in total. The molecule has 2 aliphatic rings. The van der Waals surface area contributed by atoms with Crippen molar-refractivity contribution in [2.45, 2.75) is 32.6 Å². The summed E-state index contributed by atoms with van der Waals surface area (Å²) in [6, 6.07) is 0. The molecule has 0 aromatic heterocycles. The number of hydrogen-bond donors (Lipinski definition) is 1. The Morgan fingerprint density at radius 1 is 1.62 bits per heavy atom. The van der Waals surface area contributed by atoms with Crippen molar-refractivity contribution in [1.29, 1.82) is 0 Å². The minimum Gasteiger partial charge on any atom is -0.481 e. The summed E-state index contributed by atoms with van der Waals surface area (Å²) in [6.45, 7) is 2.24. The Balaban J connectivity index is 1.98. The van der Waals surface area contributed by atoms with Crippen molar-refractivity contribution in [3.8, 4) is 0 Å². The lowest BCUT2D eigenvalue weighted by atomic mass is 9.74. The Morgan fingerprint density at radius 2 is 2.38 bits per heavy atom.